The van der Waals surface area contributed by atoms with Gasteiger partial charge in [0.15, 0.2) is 16.4 Å². The van der Waals surface area contributed by atoms with Crippen LogP contribution in [0.15, 0.2) is 29.8 Å². The second-order valence-electron chi connectivity index (χ2n) is 8.97. The molecule has 1 aromatic heterocycles. The molecule has 6 heteroatoms. The Morgan fingerprint density at radius 3 is 2.86 bits per heavy atom. The summed E-state index contributed by atoms with van der Waals surface area (Å²) in [5.74, 6) is 1.27. The van der Waals surface area contributed by atoms with E-state index in [1.807, 2.05) is 13.0 Å². The van der Waals surface area contributed by atoms with Crippen molar-refractivity contribution in [2.24, 2.45) is 17.8 Å². The molecule has 5 heterocycles. The number of nitrogens with zero attached hydrogens (tertiary/aromatic N) is 1. The molecule has 28 heavy (non-hydrogen) atoms. The van der Waals surface area contributed by atoms with Crippen LogP contribution in [-0.2, 0) is 19.2 Å². The maximum Gasteiger partial charge on any atom is 0.236 e. The van der Waals surface area contributed by atoms with E-state index in [9.17, 15) is 0 Å². The third-order valence-electron chi connectivity index (χ3n) is 7.31. The minimum atomic E-state index is -0.749. The van der Waals surface area contributed by atoms with Gasteiger partial charge in [-0.05, 0) is 56.7 Å². The van der Waals surface area contributed by atoms with Crippen molar-refractivity contribution in [3.05, 3.63) is 34.8 Å². The Bertz CT molecular complexity index is 953. The van der Waals surface area contributed by atoms with Gasteiger partial charge in [0, 0.05) is 18.3 Å². The normalized spacial score (nSPS) is 42.2. The van der Waals surface area contributed by atoms with Crippen LogP contribution < -0.4 is 0 Å². The number of hydrogen-bond donors (Lipinski definition) is 0. The molecule has 148 valence electrons. The zero-order valence-electron chi connectivity index (χ0n) is 16.4. The topological polar surface area (TPSA) is 49.8 Å². The van der Waals surface area contributed by atoms with Gasteiger partial charge in [0.1, 0.15) is 0 Å². The lowest BCUT2D eigenvalue weighted by atomic mass is 9.59. The van der Waals surface area contributed by atoms with Crippen LogP contribution in [0.1, 0.15) is 51.5 Å². The Kier molecular flexibility index (Phi) is 3.59. The molecular weight excluding hydrogens is 374 g/mol. The number of benzene rings is 1. The molecule has 5 aliphatic rings. The molecule has 1 spiro atoms. The Morgan fingerprint density at radius 1 is 1.14 bits per heavy atom. The van der Waals surface area contributed by atoms with Crippen LogP contribution in [0.2, 0.25) is 0 Å². The molecule has 1 aromatic carbocycles. The van der Waals surface area contributed by atoms with Gasteiger partial charge in [-0.15, -0.1) is 11.3 Å². The van der Waals surface area contributed by atoms with E-state index in [1.54, 1.807) is 11.3 Å². The molecule has 0 N–H and O–H groups in total. The van der Waals surface area contributed by atoms with Gasteiger partial charge in [0.05, 0.1) is 10.2 Å². The average molecular weight is 400 g/mol. The van der Waals surface area contributed by atoms with Crippen LogP contribution in [-0.4, -0.2) is 22.7 Å². The Balaban J connectivity index is 1.51. The van der Waals surface area contributed by atoms with Gasteiger partial charge >= 0.3 is 0 Å². The number of aromatic nitrogens is 1. The number of thiazole rings is 1. The van der Waals surface area contributed by atoms with E-state index in [2.05, 4.69) is 32.0 Å². The summed E-state index contributed by atoms with van der Waals surface area (Å²) in [4.78, 5) is 16.9. The van der Waals surface area contributed by atoms with Crippen molar-refractivity contribution in [2.45, 2.75) is 64.1 Å². The van der Waals surface area contributed by atoms with Gasteiger partial charge in [-0.2, -0.15) is 0 Å². The highest BCUT2D eigenvalue weighted by Crippen LogP contribution is 2.61. The van der Waals surface area contributed by atoms with E-state index < -0.39 is 17.7 Å². The highest BCUT2D eigenvalue weighted by Gasteiger charge is 2.68. The van der Waals surface area contributed by atoms with Crippen LogP contribution in [0.5, 0.6) is 0 Å². The Morgan fingerprint density at radius 2 is 2.00 bits per heavy atom. The Hall–Kier alpha value is -1.47. The molecule has 2 aromatic rings. The predicted octanol–water partition coefficient (Wildman–Crippen LogP) is 5.27. The quantitative estimate of drug-likeness (QED) is 0.611. The lowest BCUT2D eigenvalue weighted by Gasteiger charge is -2.57. The van der Waals surface area contributed by atoms with Gasteiger partial charge < -0.3 is 9.47 Å². The maximum atomic E-state index is 6.57. The van der Waals surface area contributed by atoms with Gasteiger partial charge in [-0.1, -0.05) is 19.1 Å². The molecule has 1 saturated carbocycles. The van der Waals surface area contributed by atoms with E-state index >= 15 is 0 Å². The molecule has 0 radical (unpaired) electrons. The zero-order chi connectivity index (χ0) is 19.1. The number of hydrogen-bond acceptors (Lipinski definition) is 6. The number of ether oxygens (including phenoxy) is 2. The third-order valence-corrected chi connectivity index (χ3v) is 8.35. The van der Waals surface area contributed by atoms with E-state index in [-0.39, 0.29) is 5.92 Å². The minimum Gasteiger partial charge on any atom is -0.458 e. The van der Waals surface area contributed by atoms with Crippen LogP contribution in [0.3, 0.4) is 0 Å². The molecule has 7 rings (SSSR count). The first kappa shape index (κ1) is 17.4. The minimum absolute atomic E-state index is 0.220. The van der Waals surface area contributed by atoms with Crippen LogP contribution >= 0.6 is 11.3 Å². The monoisotopic (exact) mass is 399 g/mol. The van der Waals surface area contributed by atoms with E-state index in [0.717, 1.165) is 35.5 Å². The zero-order valence-corrected chi connectivity index (χ0v) is 17.3. The first-order valence-electron chi connectivity index (χ1n) is 10.3. The fraction of sp³-hybridized carbons (Fsp3) is 0.591. The van der Waals surface area contributed by atoms with E-state index in [0.29, 0.717) is 11.8 Å². The Labute approximate surface area is 168 Å². The third kappa shape index (κ3) is 2.20. The molecule has 0 amide bonds. The molecule has 2 bridgehead atoms. The molecule has 0 unspecified atom stereocenters. The SMILES string of the molecule is CC1=C(c2nc3ccccc3s2)O[C@@H]2O[C@@]3(C)CC[C@H]4[C@H](C)CC[C@@H]1[C@@]24OO3. The van der Waals surface area contributed by atoms with E-state index in [4.69, 9.17) is 24.2 Å². The molecular formula is C22H25NO4S. The second-order valence-corrected chi connectivity index (χ2v) is 10.0. The first-order chi connectivity index (χ1) is 13.5. The number of rotatable bonds is 1. The summed E-state index contributed by atoms with van der Waals surface area (Å²) >= 11 is 1.68. The van der Waals surface area contributed by atoms with Crippen LogP contribution in [0, 0.1) is 17.8 Å². The van der Waals surface area contributed by atoms with Gasteiger partial charge in [0.25, 0.3) is 0 Å². The summed E-state index contributed by atoms with van der Waals surface area (Å²) < 4.78 is 14.2. The molecule has 4 fully saturated rings. The molecule has 3 saturated heterocycles. The van der Waals surface area contributed by atoms with Crippen molar-refractivity contribution in [1.29, 1.82) is 0 Å². The summed E-state index contributed by atoms with van der Waals surface area (Å²) in [5, 5.41) is 0.929. The average Bonchev–Trinajstić information content (AvgIpc) is 2.99. The lowest BCUT2D eigenvalue weighted by molar-refractivity contribution is -0.553. The van der Waals surface area contributed by atoms with Crippen molar-refractivity contribution in [3.63, 3.8) is 0 Å². The van der Waals surface area contributed by atoms with Crippen LogP contribution in [0.4, 0.5) is 0 Å². The summed E-state index contributed by atoms with van der Waals surface area (Å²) in [6, 6.07) is 8.23. The van der Waals surface area contributed by atoms with E-state index in [1.165, 1.54) is 16.7 Å². The second kappa shape index (κ2) is 5.79. The van der Waals surface area contributed by atoms with Crippen LogP contribution in [0.25, 0.3) is 16.0 Å². The van der Waals surface area contributed by atoms with Gasteiger partial charge in [-0.25, -0.2) is 14.8 Å². The molecule has 6 atom stereocenters. The fourth-order valence-corrected chi connectivity index (χ4v) is 6.82. The summed E-state index contributed by atoms with van der Waals surface area (Å²) in [6.07, 6.45) is 3.65. The van der Waals surface area contributed by atoms with Crippen molar-refractivity contribution in [3.8, 4) is 0 Å². The molecule has 5 nitrogen and oxygen atoms in total. The summed E-state index contributed by atoms with van der Waals surface area (Å²) in [7, 11) is 0. The number of fused-ring (bicyclic) bond motifs is 3. The highest BCUT2D eigenvalue weighted by atomic mass is 32.1. The van der Waals surface area contributed by atoms with Gasteiger partial charge in [-0.3, -0.25) is 0 Å². The number of para-hydroxylation sites is 1. The van der Waals surface area contributed by atoms with Crippen molar-refractivity contribution < 1.29 is 19.2 Å². The van der Waals surface area contributed by atoms with Crippen molar-refractivity contribution in [1.82, 2.24) is 4.98 Å². The molecule has 1 aliphatic carbocycles. The largest absolute Gasteiger partial charge is 0.458 e. The highest BCUT2D eigenvalue weighted by molar-refractivity contribution is 7.19. The first-order valence-corrected chi connectivity index (χ1v) is 11.1. The lowest BCUT2D eigenvalue weighted by Crippen LogP contribution is -2.66. The standard InChI is InChI=1S/C22H25NO4S/c1-12-8-9-15-13(2)18(19-23-16-6-4-5-7-17(16)28-19)24-20-22(15)14(12)10-11-21(3,25-20)26-27-22/h4-7,12,14-15,20H,8-11H2,1-3H3/t12-,14+,15+,20-,21-,22-/m1/s1. The molecule has 4 aliphatic heterocycles. The van der Waals surface area contributed by atoms with Crippen molar-refractivity contribution in [2.75, 3.05) is 0 Å². The maximum absolute atomic E-state index is 6.57. The van der Waals surface area contributed by atoms with Gasteiger partial charge in [0.2, 0.25) is 12.1 Å². The van der Waals surface area contributed by atoms with Crippen molar-refractivity contribution >= 4 is 27.3 Å². The summed E-state index contributed by atoms with van der Waals surface area (Å²) in [5.41, 5.74) is 1.67. The fourth-order valence-electron chi connectivity index (χ4n) is 5.80. The smallest absolute Gasteiger partial charge is 0.236 e. The predicted molar refractivity (Wildman–Crippen MR) is 106 cm³/mol. The summed E-state index contributed by atoms with van der Waals surface area (Å²) in [6.45, 7) is 6.47.